The topological polar surface area (TPSA) is 96.2 Å². The maximum absolute atomic E-state index is 12.1. The summed E-state index contributed by atoms with van der Waals surface area (Å²) >= 11 is 0. The number of fused-ring (bicyclic) bond motifs is 1. The van der Waals surface area contributed by atoms with Crippen LogP contribution in [0.5, 0.6) is 0 Å². The second kappa shape index (κ2) is 7.59. The Hall–Kier alpha value is -3.19. The van der Waals surface area contributed by atoms with Crippen molar-refractivity contribution in [3.63, 3.8) is 0 Å². The van der Waals surface area contributed by atoms with Gasteiger partial charge in [-0.1, -0.05) is 42.5 Å². The van der Waals surface area contributed by atoms with Crippen LogP contribution in [0.4, 0.5) is 4.79 Å². The van der Waals surface area contributed by atoms with Crippen LogP contribution in [0.25, 0.3) is 11.0 Å². The van der Waals surface area contributed by atoms with Crippen LogP contribution in [0.1, 0.15) is 11.4 Å². The van der Waals surface area contributed by atoms with Crippen LogP contribution < -0.4 is 10.6 Å². The van der Waals surface area contributed by atoms with Gasteiger partial charge in [-0.25, -0.2) is 9.78 Å². The Labute approximate surface area is 144 Å². The fourth-order valence-electron chi connectivity index (χ4n) is 2.55. The second-order valence-electron chi connectivity index (χ2n) is 5.48. The van der Waals surface area contributed by atoms with Gasteiger partial charge >= 0.3 is 6.03 Å². The van der Waals surface area contributed by atoms with E-state index in [9.17, 15) is 14.7 Å². The normalized spacial score (nSPS) is 10.6. The molecule has 0 radical (unpaired) electrons. The summed E-state index contributed by atoms with van der Waals surface area (Å²) in [6, 6.07) is 16.1. The predicted octanol–water partition coefficient (Wildman–Crippen LogP) is 1.55. The van der Waals surface area contributed by atoms with E-state index in [1.54, 1.807) is 10.6 Å². The molecule has 1 heterocycles. The smallest absolute Gasteiger partial charge is 0.321 e. The second-order valence-corrected chi connectivity index (χ2v) is 5.48. The van der Waals surface area contributed by atoms with Gasteiger partial charge in [-0.05, 0) is 17.7 Å². The molecule has 128 valence electrons. The van der Waals surface area contributed by atoms with Crippen molar-refractivity contribution < 1.29 is 14.7 Å². The van der Waals surface area contributed by atoms with Crippen LogP contribution in [-0.4, -0.2) is 26.6 Å². The number of rotatable bonds is 5. The molecular formula is C18H18N4O3. The number of carbonyl (C=O) groups excluding carboxylic acids is 2. The third-order valence-corrected chi connectivity index (χ3v) is 3.73. The van der Waals surface area contributed by atoms with Crippen molar-refractivity contribution in [3.8, 4) is 0 Å². The maximum atomic E-state index is 12.1. The Morgan fingerprint density at radius 1 is 1.04 bits per heavy atom. The molecule has 7 nitrogen and oxygen atoms in total. The molecule has 0 bridgehead atoms. The number of amides is 3. The van der Waals surface area contributed by atoms with Crippen molar-refractivity contribution in [3.05, 3.63) is 66.0 Å². The molecule has 0 atom stereocenters. The zero-order chi connectivity index (χ0) is 17.6. The average Bonchev–Trinajstić information content (AvgIpc) is 2.98. The van der Waals surface area contributed by atoms with Crippen LogP contribution in [0.15, 0.2) is 54.6 Å². The molecule has 0 unspecified atom stereocenters. The number of hydrogen-bond donors (Lipinski definition) is 3. The molecule has 2 aromatic carbocycles. The Morgan fingerprint density at radius 3 is 2.52 bits per heavy atom. The van der Waals surface area contributed by atoms with Crippen molar-refractivity contribution in [1.82, 2.24) is 20.2 Å². The van der Waals surface area contributed by atoms with Crippen molar-refractivity contribution in [1.29, 1.82) is 0 Å². The van der Waals surface area contributed by atoms with E-state index in [0.29, 0.717) is 17.9 Å². The molecule has 0 aliphatic carbocycles. The molecule has 0 aliphatic heterocycles. The third-order valence-electron chi connectivity index (χ3n) is 3.73. The summed E-state index contributed by atoms with van der Waals surface area (Å²) in [6.07, 6.45) is 0. The van der Waals surface area contributed by atoms with Gasteiger partial charge in [0.05, 0.1) is 11.0 Å². The van der Waals surface area contributed by atoms with Gasteiger partial charge in [0.25, 0.3) is 0 Å². The number of nitrogens with zero attached hydrogens (tertiary/aromatic N) is 2. The fraction of sp³-hybridized carbons (Fsp3) is 0.167. The Kier molecular flexibility index (Phi) is 5.06. The van der Waals surface area contributed by atoms with Crippen molar-refractivity contribution in [2.45, 2.75) is 19.7 Å². The Balaban J connectivity index is 1.62. The zero-order valence-corrected chi connectivity index (χ0v) is 13.5. The number of imidazole rings is 1. The number of urea groups is 1. The maximum Gasteiger partial charge on any atom is 0.321 e. The van der Waals surface area contributed by atoms with Crippen LogP contribution in [0, 0.1) is 0 Å². The van der Waals surface area contributed by atoms with Crippen LogP contribution >= 0.6 is 0 Å². The van der Waals surface area contributed by atoms with Gasteiger partial charge in [-0.2, -0.15) is 0 Å². The largest absolute Gasteiger partial charge is 0.388 e. The molecule has 0 spiro atoms. The standard InChI is InChI=1S/C18H18N4O3/c23-12-16-20-14-8-4-5-9-15(14)22(16)11-17(24)21-18(25)19-10-13-6-2-1-3-7-13/h1-9,23H,10-12H2,(H2,19,21,24,25). The number of aliphatic hydroxyl groups excluding tert-OH is 1. The third kappa shape index (κ3) is 4.02. The first-order chi connectivity index (χ1) is 12.2. The van der Waals surface area contributed by atoms with E-state index in [4.69, 9.17) is 0 Å². The lowest BCUT2D eigenvalue weighted by atomic mass is 10.2. The summed E-state index contributed by atoms with van der Waals surface area (Å²) < 4.78 is 1.59. The molecule has 0 saturated heterocycles. The first-order valence-electron chi connectivity index (χ1n) is 7.84. The van der Waals surface area contributed by atoms with Crippen molar-refractivity contribution in [2.75, 3.05) is 0 Å². The van der Waals surface area contributed by atoms with E-state index < -0.39 is 11.9 Å². The lowest BCUT2D eigenvalue weighted by Crippen LogP contribution is -2.40. The SMILES string of the molecule is O=C(Cn1c(CO)nc2ccccc21)NC(=O)NCc1ccccc1. The molecule has 3 aromatic rings. The van der Waals surface area contributed by atoms with Gasteiger partial charge in [0.2, 0.25) is 5.91 Å². The Bertz CT molecular complexity index is 890. The molecule has 0 saturated carbocycles. The van der Waals surface area contributed by atoms with Crippen molar-refractivity contribution >= 4 is 23.0 Å². The summed E-state index contributed by atoms with van der Waals surface area (Å²) in [5.41, 5.74) is 2.35. The highest BCUT2D eigenvalue weighted by Gasteiger charge is 2.14. The highest BCUT2D eigenvalue weighted by atomic mass is 16.3. The summed E-state index contributed by atoms with van der Waals surface area (Å²) in [6.45, 7) is -0.0623. The molecule has 0 fully saturated rings. The monoisotopic (exact) mass is 338 g/mol. The number of aliphatic hydroxyl groups is 1. The number of carbonyl (C=O) groups is 2. The van der Waals surface area contributed by atoms with E-state index in [2.05, 4.69) is 15.6 Å². The average molecular weight is 338 g/mol. The molecule has 7 heteroatoms. The lowest BCUT2D eigenvalue weighted by Gasteiger charge is -2.09. The number of benzene rings is 2. The van der Waals surface area contributed by atoms with E-state index in [1.165, 1.54) is 0 Å². The molecule has 3 rings (SSSR count). The van der Waals surface area contributed by atoms with E-state index in [1.807, 2.05) is 48.5 Å². The number of aromatic nitrogens is 2. The number of nitrogens with one attached hydrogen (secondary N) is 2. The fourth-order valence-corrected chi connectivity index (χ4v) is 2.55. The van der Waals surface area contributed by atoms with Crippen molar-refractivity contribution in [2.24, 2.45) is 0 Å². The first-order valence-corrected chi connectivity index (χ1v) is 7.84. The molecule has 1 aromatic heterocycles. The molecule has 3 amide bonds. The zero-order valence-electron chi connectivity index (χ0n) is 13.5. The molecule has 0 aliphatic rings. The minimum atomic E-state index is -0.566. The van der Waals surface area contributed by atoms with Gasteiger partial charge in [0.1, 0.15) is 19.0 Å². The minimum absolute atomic E-state index is 0.102. The molecule has 25 heavy (non-hydrogen) atoms. The number of hydrogen-bond acceptors (Lipinski definition) is 4. The quantitative estimate of drug-likeness (QED) is 0.658. The van der Waals surface area contributed by atoms with Crippen LogP contribution in [-0.2, 0) is 24.5 Å². The first kappa shape index (κ1) is 16.7. The van der Waals surface area contributed by atoms with Gasteiger partial charge in [-0.15, -0.1) is 0 Å². The highest BCUT2D eigenvalue weighted by molar-refractivity contribution is 5.94. The summed E-state index contributed by atoms with van der Waals surface area (Å²) in [4.78, 5) is 28.3. The van der Waals surface area contributed by atoms with Crippen LogP contribution in [0.3, 0.4) is 0 Å². The predicted molar refractivity (Wildman–Crippen MR) is 92.5 cm³/mol. The summed E-state index contributed by atoms with van der Waals surface area (Å²) in [5, 5.41) is 14.3. The summed E-state index contributed by atoms with van der Waals surface area (Å²) in [7, 11) is 0. The van der Waals surface area contributed by atoms with E-state index >= 15 is 0 Å². The minimum Gasteiger partial charge on any atom is -0.388 e. The Morgan fingerprint density at radius 2 is 1.76 bits per heavy atom. The van der Waals surface area contributed by atoms with E-state index in [-0.39, 0.29) is 13.2 Å². The molecular weight excluding hydrogens is 320 g/mol. The van der Waals surface area contributed by atoms with Gasteiger partial charge in [0, 0.05) is 6.54 Å². The van der Waals surface area contributed by atoms with Gasteiger partial charge < -0.3 is 15.0 Å². The lowest BCUT2D eigenvalue weighted by molar-refractivity contribution is -0.120. The van der Waals surface area contributed by atoms with Gasteiger partial charge in [-0.3, -0.25) is 10.1 Å². The molecule has 3 N–H and O–H groups in total. The van der Waals surface area contributed by atoms with E-state index in [0.717, 1.165) is 11.1 Å². The summed E-state index contributed by atoms with van der Waals surface area (Å²) in [5.74, 6) is -0.107. The van der Waals surface area contributed by atoms with Gasteiger partial charge in [0.15, 0.2) is 0 Å². The number of para-hydroxylation sites is 2. The highest BCUT2D eigenvalue weighted by Crippen LogP contribution is 2.15. The number of imide groups is 1. The van der Waals surface area contributed by atoms with Crippen LogP contribution in [0.2, 0.25) is 0 Å².